The van der Waals surface area contributed by atoms with Gasteiger partial charge in [-0.05, 0) is 23.6 Å². The molecule has 0 fully saturated rings. The van der Waals surface area contributed by atoms with Gasteiger partial charge in [0.1, 0.15) is 0 Å². The fourth-order valence-electron chi connectivity index (χ4n) is 1.72. The third kappa shape index (κ3) is 3.20. The summed E-state index contributed by atoms with van der Waals surface area (Å²) in [5.41, 5.74) is 8.06. The lowest BCUT2D eigenvalue weighted by Gasteiger charge is -2.03. The Morgan fingerprint density at radius 2 is 2.21 bits per heavy atom. The van der Waals surface area contributed by atoms with Gasteiger partial charge in [0.15, 0.2) is 5.82 Å². The monoisotopic (exact) mass is 258 g/mol. The number of nitrogens with one attached hydrogen (secondary N) is 2. The summed E-state index contributed by atoms with van der Waals surface area (Å²) in [7, 11) is 0. The average Bonchev–Trinajstić information content (AvgIpc) is 2.87. The second kappa shape index (κ2) is 5.67. The number of aromatic nitrogens is 2. The van der Waals surface area contributed by atoms with Gasteiger partial charge in [0.2, 0.25) is 0 Å². The second-order valence-electron chi connectivity index (χ2n) is 4.72. The fourth-order valence-corrected chi connectivity index (χ4v) is 1.72. The van der Waals surface area contributed by atoms with Crippen molar-refractivity contribution in [2.45, 2.75) is 26.3 Å². The van der Waals surface area contributed by atoms with E-state index >= 15 is 0 Å². The molecule has 0 unspecified atom stereocenters. The van der Waals surface area contributed by atoms with Crippen LogP contribution >= 0.6 is 0 Å². The maximum absolute atomic E-state index is 12.1. The molecule has 100 valence electrons. The molecule has 0 aliphatic carbocycles. The van der Waals surface area contributed by atoms with E-state index < -0.39 is 0 Å². The Labute approximate surface area is 112 Å². The first-order chi connectivity index (χ1) is 9.10. The summed E-state index contributed by atoms with van der Waals surface area (Å²) < 4.78 is 0. The molecule has 1 heterocycles. The number of hydrogen-bond acceptors (Lipinski definition) is 3. The van der Waals surface area contributed by atoms with Crippen LogP contribution in [0.1, 0.15) is 41.4 Å². The van der Waals surface area contributed by atoms with Gasteiger partial charge in [-0.3, -0.25) is 9.89 Å². The van der Waals surface area contributed by atoms with Gasteiger partial charge in [0.25, 0.3) is 5.91 Å². The Kier molecular flexibility index (Phi) is 3.97. The normalized spacial score (nSPS) is 10.7. The zero-order chi connectivity index (χ0) is 13.8. The maximum Gasteiger partial charge on any atom is 0.256 e. The van der Waals surface area contributed by atoms with E-state index in [2.05, 4.69) is 29.4 Å². The molecule has 5 heteroatoms. The number of carbonyl (C=O) groups is 1. The van der Waals surface area contributed by atoms with Crippen molar-refractivity contribution < 1.29 is 4.79 Å². The lowest BCUT2D eigenvalue weighted by atomic mass is 10.1. The molecular weight excluding hydrogens is 240 g/mol. The third-order valence-electron chi connectivity index (χ3n) is 2.89. The molecule has 0 bridgehead atoms. The molecule has 19 heavy (non-hydrogen) atoms. The molecule has 1 aromatic heterocycles. The minimum absolute atomic E-state index is 0.183. The molecule has 0 spiro atoms. The highest BCUT2D eigenvalue weighted by Gasteiger charge is 2.10. The fraction of sp³-hybridized carbons (Fsp3) is 0.286. The number of hydrogen-bond donors (Lipinski definition) is 3. The van der Waals surface area contributed by atoms with Crippen LogP contribution in [-0.2, 0) is 6.54 Å². The van der Waals surface area contributed by atoms with E-state index in [1.54, 1.807) is 12.1 Å². The van der Waals surface area contributed by atoms with Gasteiger partial charge in [-0.2, -0.15) is 5.10 Å². The zero-order valence-corrected chi connectivity index (χ0v) is 11.1. The highest BCUT2D eigenvalue weighted by atomic mass is 16.1. The molecule has 1 amide bonds. The number of benzene rings is 1. The summed E-state index contributed by atoms with van der Waals surface area (Å²) in [5.74, 6) is 0.697. The minimum atomic E-state index is -0.183. The van der Waals surface area contributed by atoms with E-state index in [1.165, 1.54) is 0 Å². The van der Waals surface area contributed by atoms with Crippen molar-refractivity contribution >= 4 is 11.7 Å². The largest absolute Gasteiger partial charge is 0.326 e. The Hall–Kier alpha value is -2.14. The molecule has 5 nitrogen and oxygen atoms in total. The topological polar surface area (TPSA) is 83.8 Å². The number of nitrogens with zero attached hydrogens (tertiary/aromatic N) is 1. The van der Waals surface area contributed by atoms with E-state index in [-0.39, 0.29) is 5.91 Å². The summed E-state index contributed by atoms with van der Waals surface area (Å²) in [4.78, 5) is 12.1. The quantitative estimate of drug-likeness (QED) is 0.786. The van der Waals surface area contributed by atoms with Crippen LogP contribution in [-0.4, -0.2) is 16.1 Å². The first kappa shape index (κ1) is 13.3. The van der Waals surface area contributed by atoms with Gasteiger partial charge in [-0.1, -0.05) is 26.0 Å². The molecule has 2 aromatic rings. The van der Waals surface area contributed by atoms with Gasteiger partial charge in [0.05, 0.1) is 0 Å². The number of amides is 1. The first-order valence-corrected chi connectivity index (χ1v) is 6.26. The van der Waals surface area contributed by atoms with Crippen LogP contribution in [0.15, 0.2) is 30.3 Å². The first-order valence-electron chi connectivity index (χ1n) is 6.26. The summed E-state index contributed by atoms with van der Waals surface area (Å²) in [5, 5.41) is 9.73. The second-order valence-corrected chi connectivity index (χ2v) is 4.72. The number of nitrogens with two attached hydrogens (primary N) is 1. The van der Waals surface area contributed by atoms with Crippen molar-refractivity contribution in [3.8, 4) is 0 Å². The third-order valence-corrected chi connectivity index (χ3v) is 2.89. The molecule has 0 atom stereocenters. The Morgan fingerprint density at radius 1 is 1.42 bits per heavy atom. The van der Waals surface area contributed by atoms with E-state index in [0.717, 1.165) is 11.3 Å². The van der Waals surface area contributed by atoms with Crippen molar-refractivity contribution in [2.24, 2.45) is 5.73 Å². The van der Waals surface area contributed by atoms with E-state index in [1.807, 2.05) is 18.2 Å². The highest BCUT2D eigenvalue weighted by molar-refractivity contribution is 6.03. The molecule has 4 N–H and O–H groups in total. The maximum atomic E-state index is 12.1. The molecule has 2 rings (SSSR count). The number of rotatable bonds is 4. The van der Waals surface area contributed by atoms with Gasteiger partial charge in [0, 0.05) is 23.9 Å². The van der Waals surface area contributed by atoms with Gasteiger partial charge >= 0.3 is 0 Å². The predicted molar refractivity (Wildman–Crippen MR) is 75.0 cm³/mol. The minimum Gasteiger partial charge on any atom is -0.326 e. The summed E-state index contributed by atoms with van der Waals surface area (Å²) in [6.07, 6.45) is 0. The standard InChI is InChI=1S/C14H18N4O/c1-9(2)12-7-13(18-17-12)16-14(19)11-5-3-4-10(6-11)8-15/h3-7,9H,8,15H2,1-2H3,(H2,16,17,18,19). The molecule has 1 aromatic carbocycles. The predicted octanol–water partition coefficient (Wildman–Crippen LogP) is 2.24. The smallest absolute Gasteiger partial charge is 0.256 e. The van der Waals surface area contributed by atoms with E-state index in [0.29, 0.717) is 23.8 Å². The van der Waals surface area contributed by atoms with Crippen LogP contribution in [0.4, 0.5) is 5.82 Å². The van der Waals surface area contributed by atoms with Crippen LogP contribution in [0.25, 0.3) is 0 Å². The van der Waals surface area contributed by atoms with Gasteiger partial charge < -0.3 is 11.1 Å². The van der Waals surface area contributed by atoms with Crippen LogP contribution in [0, 0.1) is 0 Å². The van der Waals surface area contributed by atoms with Crippen LogP contribution in [0.3, 0.4) is 0 Å². The van der Waals surface area contributed by atoms with Gasteiger partial charge in [-0.25, -0.2) is 0 Å². The van der Waals surface area contributed by atoms with E-state index in [9.17, 15) is 4.79 Å². The number of H-pyrrole nitrogens is 1. The highest BCUT2D eigenvalue weighted by Crippen LogP contribution is 2.15. The van der Waals surface area contributed by atoms with E-state index in [4.69, 9.17) is 5.73 Å². The molecular formula is C14H18N4O. The van der Waals surface area contributed by atoms with Crippen molar-refractivity contribution in [3.05, 3.63) is 47.2 Å². The number of anilines is 1. The van der Waals surface area contributed by atoms with Crippen LogP contribution in [0.2, 0.25) is 0 Å². The summed E-state index contributed by atoms with van der Waals surface area (Å²) >= 11 is 0. The van der Waals surface area contributed by atoms with Gasteiger partial charge in [-0.15, -0.1) is 0 Å². The van der Waals surface area contributed by atoms with Crippen LogP contribution < -0.4 is 11.1 Å². The Morgan fingerprint density at radius 3 is 2.84 bits per heavy atom. The Bertz CT molecular complexity index is 574. The molecule has 0 radical (unpaired) electrons. The number of carbonyl (C=O) groups excluding carboxylic acids is 1. The van der Waals surface area contributed by atoms with Crippen molar-refractivity contribution in [1.82, 2.24) is 10.2 Å². The molecule has 0 saturated heterocycles. The summed E-state index contributed by atoms with van der Waals surface area (Å²) in [6.45, 7) is 4.54. The molecule has 0 saturated carbocycles. The average molecular weight is 258 g/mol. The summed E-state index contributed by atoms with van der Waals surface area (Å²) in [6, 6.07) is 9.09. The Balaban J connectivity index is 2.11. The SMILES string of the molecule is CC(C)c1cc(NC(=O)c2cccc(CN)c2)n[nH]1. The van der Waals surface area contributed by atoms with Crippen molar-refractivity contribution in [1.29, 1.82) is 0 Å². The zero-order valence-electron chi connectivity index (χ0n) is 11.1. The lowest BCUT2D eigenvalue weighted by molar-refractivity contribution is 0.102. The van der Waals surface area contributed by atoms with Crippen molar-refractivity contribution in [3.63, 3.8) is 0 Å². The van der Waals surface area contributed by atoms with Crippen LogP contribution in [0.5, 0.6) is 0 Å². The molecule has 0 aliphatic rings. The van der Waals surface area contributed by atoms with Crippen molar-refractivity contribution in [2.75, 3.05) is 5.32 Å². The molecule has 0 aliphatic heterocycles. The lowest BCUT2D eigenvalue weighted by Crippen LogP contribution is -2.12. The number of aromatic amines is 1.